The van der Waals surface area contributed by atoms with Crippen molar-refractivity contribution in [1.29, 1.82) is 0 Å². The second-order valence-corrected chi connectivity index (χ2v) is 12.5. The number of nitrogens with one attached hydrogen (secondary N) is 3. The summed E-state index contributed by atoms with van der Waals surface area (Å²) >= 11 is 0. The van der Waals surface area contributed by atoms with Crippen LogP contribution in [0.1, 0.15) is 57.1 Å². The molecule has 1 unspecified atom stereocenters. The Bertz CT molecular complexity index is 1670. The Labute approximate surface area is 247 Å². The van der Waals surface area contributed by atoms with E-state index in [0.29, 0.717) is 30.0 Å². The molecule has 226 valence electrons. The summed E-state index contributed by atoms with van der Waals surface area (Å²) < 4.78 is 40.8. The van der Waals surface area contributed by atoms with Crippen molar-refractivity contribution in [3.05, 3.63) is 76.6 Å². The van der Waals surface area contributed by atoms with Gasteiger partial charge in [0.2, 0.25) is 5.91 Å². The van der Waals surface area contributed by atoms with Crippen LogP contribution in [0.3, 0.4) is 0 Å². The van der Waals surface area contributed by atoms with Gasteiger partial charge in [0.05, 0.1) is 17.8 Å². The first-order chi connectivity index (χ1) is 20.4. The van der Waals surface area contributed by atoms with Gasteiger partial charge < -0.3 is 16.0 Å². The first-order valence-corrected chi connectivity index (χ1v) is 14.6. The lowest BCUT2D eigenvalue weighted by Gasteiger charge is -2.54. The number of aryl methyl sites for hydroxylation is 1. The van der Waals surface area contributed by atoms with Gasteiger partial charge in [-0.1, -0.05) is 32.0 Å². The van der Waals surface area contributed by atoms with E-state index < -0.39 is 17.8 Å². The predicted octanol–water partition coefficient (Wildman–Crippen LogP) is 5.00. The van der Waals surface area contributed by atoms with Crippen LogP contribution in [0.4, 0.5) is 29.3 Å². The van der Waals surface area contributed by atoms with Gasteiger partial charge in [-0.05, 0) is 84.4 Å². The summed E-state index contributed by atoms with van der Waals surface area (Å²) in [4.78, 5) is 30.1. The smallest absolute Gasteiger partial charge is 0.353 e. The van der Waals surface area contributed by atoms with E-state index in [1.807, 2.05) is 25.4 Å². The highest BCUT2D eigenvalue weighted by Crippen LogP contribution is 2.56. The predicted molar refractivity (Wildman–Crippen MR) is 157 cm³/mol. The number of amides is 3. The number of nitrogens with zero attached hydrogens (tertiary/aromatic N) is 3. The first kappa shape index (κ1) is 28.9. The number of carbonyl (C=O) groups excluding carboxylic acids is 2. The van der Waals surface area contributed by atoms with Gasteiger partial charge in [0, 0.05) is 36.1 Å². The fraction of sp³-hybridized carbons (Fsp3) is 0.438. The average molecular weight is 593 g/mol. The molecular weight excluding hydrogens is 557 g/mol. The molecule has 1 aliphatic heterocycles. The number of alkyl halides is 3. The van der Waals surface area contributed by atoms with Crippen LogP contribution in [-0.2, 0) is 18.0 Å². The van der Waals surface area contributed by atoms with Crippen molar-refractivity contribution in [3.8, 4) is 0 Å². The van der Waals surface area contributed by atoms with Crippen molar-refractivity contribution in [3.63, 3.8) is 0 Å². The maximum Gasteiger partial charge on any atom is 0.416 e. The molecule has 2 fully saturated rings. The lowest BCUT2D eigenvalue weighted by atomic mass is 9.51. The second-order valence-electron chi connectivity index (χ2n) is 12.5. The molecule has 2 heterocycles. The van der Waals surface area contributed by atoms with Gasteiger partial charge in [-0.25, -0.2) is 4.79 Å². The Kier molecular flexibility index (Phi) is 7.30. The summed E-state index contributed by atoms with van der Waals surface area (Å²) in [5.74, 6) is 0.790. The Balaban J connectivity index is 1.15. The van der Waals surface area contributed by atoms with Gasteiger partial charge in [0.1, 0.15) is 0 Å². The van der Waals surface area contributed by atoms with E-state index in [2.05, 4.69) is 34.9 Å². The van der Waals surface area contributed by atoms with E-state index in [1.165, 1.54) is 12.1 Å². The number of benzene rings is 2. The van der Waals surface area contributed by atoms with Gasteiger partial charge in [-0.2, -0.15) is 18.3 Å². The zero-order valence-electron chi connectivity index (χ0n) is 24.3. The molecule has 3 aromatic rings. The molecule has 43 heavy (non-hydrogen) atoms. The lowest BCUT2D eigenvalue weighted by Crippen LogP contribution is -2.53. The third kappa shape index (κ3) is 6.03. The molecule has 2 aliphatic carbocycles. The fourth-order valence-electron chi connectivity index (χ4n) is 6.44. The maximum absolute atomic E-state index is 13.0. The van der Waals surface area contributed by atoms with Crippen molar-refractivity contribution in [2.75, 3.05) is 10.6 Å². The van der Waals surface area contributed by atoms with Crippen LogP contribution in [0.2, 0.25) is 0 Å². The topological polar surface area (TPSA) is 100 Å². The SMILES string of the molecule is Cn1ncc2c1=NC([C@H]1C[C@@H](CC(=O)NC3CC3)C1(C)C)CC=2c1ccc(NC(=O)Nc2cccc(C(F)(F)F)c2)cc1. The summed E-state index contributed by atoms with van der Waals surface area (Å²) in [6.45, 7) is 4.49. The number of carbonyl (C=O) groups is 2. The Morgan fingerprint density at radius 2 is 1.77 bits per heavy atom. The summed E-state index contributed by atoms with van der Waals surface area (Å²) in [6.07, 6.45) is 1.73. The Morgan fingerprint density at radius 1 is 1.05 bits per heavy atom. The van der Waals surface area contributed by atoms with E-state index in [9.17, 15) is 22.8 Å². The molecule has 0 spiro atoms. The number of anilines is 2. The van der Waals surface area contributed by atoms with Crippen LogP contribution in [0.25, 0.3) is 5.57 Å². The van der Waals surface area contributed by atoms with Gasteiger partial charge in [-0.15, -0.1) is 0 Å². The number of urea groups is 1. The minimum absolute atomic E-state index is 0.0307. The Hall–Kier alpha value is -4.15. The number of halogens is 3. The lowest BCUT2D eigenvalue weighted by molar-refractivity contribution is -0.137. The second kappa shape index (κ2) is 10.8. The molecule has 3 N–H and O–H groups in total. The van der Waals surface area contributed by atoms with E-state index in [1.54, 1.807) is 16.8 Å². The van der Waals surface area contributed by atoms with Crippen LogP contribution in [0.15, 0.2) is 59.7 Å². The molecule has 1 aromatic heterocycles. The third-order valence-electron chi connectivity index (χ3n) is 9.26. The maximum atomic E-state index is 13.0. The van der Waals surface area contributed by atoms with Crippen LogP contribution >= 0.6 is 0 Å². The zero-order valence-corrected chi connectivity index (χ0v) is 24.3. The van der Waals surface area contributed by atoms with Gasteiger partial charge in [0.15, 0.2) is 5.49 Å². The number of rotatable bonds is 7. The molecule has 3 amide bonds. The fourth-order valence-corrected chi connectivity index (χ4v) is 6.44. The van der Waals surface area contributed by atoms with Crippen molar-refractivity contribution >= 4 is 28.9 Å². The van der Waals surface area contributed by atoms with E-state index in [4.69, 9.17) is 4.99 Å². The van der Waals surface area contributed by atoms with E-state index in [0.717, 1.165) is 59.7 Å². The molecule has 2 saturated carbocycles. The summed E-state index contributed by atoms with van der Waals surface area (Å²) in [5.41, 5.74) is 2.62. The van der Waals surface area contributed by atoms with Crippen LogP contribution in [0.5, 0.6) is 0 Å². The van der Waals surface area contributed by atoms with Crippen molar-refractivity contribution < 1.29 is 22.8 Å². The van der Waals surface area contributed by atoms with Gasteiger partial charge in [-0.3, -0.25) is 14.5 Å². The molecule has 11 heteroatoms. The first-order valence-electron chi connectivity index (χ1n) is 14.6. The van der Waals surface area contributed by atoms with E-state index in [-0.39, 0.29) is 23.1 Å². The highest BCUT2D eigenvalue weighted by molar-refractivity contribution is 5.99. The number of hydrogen-bond donors (Lipinski definition) is 3. The minimum Gasteiger partial charge on any atom is -0.353 e. The number of hydrogen-bond acceptors (Lipinski definition) is 4. The molecule has 6 rings (SSSR count). The molecule has 3 aliphatic rings. The summed E-state index contributed by atoms with van der Waals surface area (Å²) in [7, 11) is 1.88. The third-order valence-corrected chi connectivity index (χ3v) is 9.26. The van der Waals surface area contributed by atoms with Crippen molar-refractivity contribution in [1.82, 2.24) is 15.1 Å². The standard InChI is InChI=1S/C32H35F3N6O2/c1-31(2)20(15-28(42)37-21-11-12-21)14-26(31)27-16-24(25-17-36-41(3)29(25)40-27)18-7-9-22(10-8-18)38-30(43)39-23-6-4-5-19(13-23)32(33,34)35/h4-10,13,17,20-21,26-27H,11-12,14-16H2,1-3H3,(H,37,42)(H2,38,39,43)/t20-,26+,27?/m0/s1. The van der Waals surface area contributed by atoms with Crippen molar-refractivity contribution in [2.45, 2.75) is 64.2 Å². The highest BCUT2D eigenvalue weighted by atomic mass is 19.4. The van der Waals surface area contributed by atoms with Gasteiger partial charge in [0.25, 0.3) is 0 Å². The summed E-state index contributed by atoms with van der Waals surface area (Å²) in [6, 6.07) is 11.7. The molecule has 2 aromatic carbocycles. The van der Waals surface area contributed by atoms with Crippen LogP contribution < -0.4 is 26.7 Å². The molecule has 0 bridgehead atoms. The van der Waals surface area contributed by atoms with Crippen LogP contribution in [0, 0.1) is 17.3 Å². The van der Waals surface area contributed by atoms with Crippen LogP contribution in [-0.4, -0.2) is 33.8 Å². The number of aromatic nitrogens is 2. The molecule has 8 nitrogen and oxygen atoms in total. The number of fused-ring (bicyclic) bond motifs is 1. The molecule has 0 radical (unpaired) electrons. The molecule has 0 saturated heterocycles. The summed E-state index contributed by atoms with van der Waals surface area (Å²) in [5, 5.41) is 13.7. The normalized spacial score (nSPS) is 22.6. The average Bonchev–Trinajstić information content (AvgIpc) is 3.69. The Morgan fingerprint density at radius 3 is 2.44 bits per heavy atom. The monoisotopic (exact) mass is 592 g/mol. The largest absolute Gasteiger partial charge is 0.416 e. The van der Waals surface area contributed by atoms with Crippen molar-refractivity contribution in [2.24, 2.45) is 29.3 Å². The molecule has 3 atom stereocenters. The molecular formula is C32H35F3N6O2. The quantitative estimate of drug-likeness (QED) is 0.360. The minimum atomic E-state index is -4.50. The highest BCUT2D eigenvalue weighted by Gasteiger charge is 2.52. The zero-order chi connectivity index (χ0) is 30.5. The van der Waals surface area contributed by atoms with E-state index >= 15 is 0 Å². The van der Waals surface area contributed by atoms with Gasteiger partial charge >= 0.3 is 12.2 Å².